The highest BCUT2D eigenvalue weighted by molar-refractivity contribution is 9.10. The van der Waals surface area contributed by atoms with E-state index in [0.29, 0.717) is 5.57 Å². The zero-order chi connectivity index (χ0) is 10.9. The summed E-state index contributed by atoms with van der Waals surface area (Å²) in [5, 5.41) is 17.7. The molecule has 5 heteroatoms. The molecule has 1 rings (SSSR count). The molecular formula is C9H9BrO4. The lowest BCUT2D eigenvalue weighted by atomic mass is 9.91. The molecule has 0 bridgehead atoms. The van der Waals surface area contributed by atoms with E-state index in [1.807, 2.05) is 0 Å². The van der Waals surface area contributed by atoms with Crippen molar-refractivity contribution >= 4 is 27.9 Å². The van der Waals surface area contributed by atoms with Gasteiger partial charge in [0.05, 0.1) is 0 Å². The molecule has 14 heavy (non-hydrogen) atoms. The van der Waals surface area contributed by atoms with Crippen molar-refractivity contribution in [3.8, 4) is 0 Å². The van der Waals surface area contributed by atoms with Crippen LogP contribution in [-0.4, -0.2) is 26.5 Å². The molecule has 76 valence electrons. The number of carboxylic acids is 2. The van der Waals surface area contributed by atoms with Gasteiger partial charge in [0.2, 0.25) is 0 Å². The van der Waals surface area contributed by atoms with Crippen LogP contribution in [0.3, 0.4) is 0 Å². The number of rotatable bonds is 2. The summed E-state index contributed by atoms with van der Waals surface area (Å²) >= 11 is 3.03. The molecule has 0 aromatic heterocycles. The molecule has 1 aliphatic rings. The van der Waals surface area contributed by atoms with Gasteiger partial charge in [0, 0.05) is 12.0 Å². The molecule has 1 unspecified atom stereocenters. The minimum absolute atomic E-state index is 0.0466. The Bertz CT molecular complexity index is 356. The van der Waals surface area contributed by atoms with Crippen LogP contribution >= 0.6 is 15.9 Å². The molecule has 4 nitrogen and oxygen atoms in total. The summed E-state index contributed by atoms with van der Waals surface area (Å²) < 4.78 is -1.28. The van der Waals surface area contributed by atoms with Crippen LogP contribution < -0.4 is 0 Å². The normalized spacial score (nSPS) is 26.4. The minimum Gasteiger partial charge on any atom is -0.480 e. The van der Waals surface area contributed by atoms with E-state index in [-0.39, 0.29) is 12.0 Å². The molecule has 0 heterocycles. The lowest BCUT2D eigenvalue weighted by Crippen LogP contribution is -2.33. The van der Waals surface area contributed by atoms with E-state index in [0.717, 1.165) is 0 Å². The first-order valence-electron chi connectivity index (χ1n) is 3.91. The second-order valence-electron chi connectivity index (χ2n) is 3.21. The fraction of sp³-hybridized carbons (Fsp3) is 0.333. The summed E-state index contributed by atoms with van der Waals surface area (Å²) in [6.45, 7) is 1.67. The van der Waals surface area contributed by atoms with Crippen LogP contribution in [0.15, 0.2) is 23.3 Å². The SMILES string of the molecule is CC1=CC(Br)(C(=O)O)CC(C(=O)O)=C1. The van der Waals surface area contributed by atoms with Gasteiger partial charge in [0.15, 0.2) is 0 Å². The first-order valence-corrected chi connectivity index (χ1v) is 4.70. The maximum absolute atomic E-state index is 10.9. The standard InChI is InChI=1S/C9H9BrO4/c1-5-2-6(7(11)12)4-9(10,3-5)8(13)14/h2-3H,4H2,1H3,(H,11,12)(H,13,14). The Hall–Kier alpha value is -1.10. The second-order valence-corrected chi connectivity index (χ2v) is 4.62. The zero-order valence-electron chi connectivity index (χ0n) is 7.45. The van der Waals surface area contributed by atoms with Crippen molar-refractivity contribution in [2.75, 3.05) is 0 Å². The van der Waals surface area contributed by atoms with E-state index in [1.54, 1.807) is 6.92 Å². The highest BCUT2D eigenvalue weighted by atomic mass is 79.9. The van der Waals surface area contributed by atoms with E-state index in [4.69, 9.17) is 10.2 Å². The molecule has 0 spiro atoms. The number of hydrogen-bond donors (Lipinski definition) is 2. The Labute approximate surface area is 89.1 Å². The van der Waals surface area contributed by atoms with Crippen molar-refractivity contribution in [2.24, 2.45) is 0 Å². The summed E-state index contributed by atoms with van der Waals surface area (Å²) in [5.74, 6) is -2.16. The van der Waals surface area contributed by atoms with E-state index < -0.39 is 16.3 Å². The summed E-state index contributed by atoms with van der Waals surface area (Å²) in [6.07, 6.45) is 2.93. The third kappa shape index (κ3) is 2.04. The third-order valence-corrected chi connectivity index (χ3v) is 2.78. The van der Waals surface area contributed by atoms with E-state index in [1.165, 1.54) is 12.2 Å². The van der Waals surface area contributed by atoms with Crippen LogP contribution in [-0.2, 0) is 9.59 Å². The van der Waals surface area contributed by atoms with Crippen molar-refractivity contribution in [1.29, 1.82) is 0 Å². The predicted molar refractivity (Wildman–Crippen MR) is 53.4 cm³/mol. The molecule has 0 aromatic carbocycles. The average molecular weight is 261 g/mol. The van der Waals surface area contributed by atoms with Crippen LogP contribution in [0.1, 0.15) is 13.3 Å². The Morgan fingerprint density at radius 1 is 1.50 bits per heavy atom. The Morgan fingerprint density at radius 2 is 2.07 bits per heavy atom. The van der Waals surface area contributed by atoms with Gasteiger partial charge in [-0.2, -0.15) is 0 Å². The van der Waals surface area contributed by atoms with Crippen molar-refractivity contribution in [3.05, 3.63) is 23.3 Å². The zero-order valence-corrected chi connectivity index (χ0v) is 9.04. The fourth-order valence-corrected chi connectivity index (χ4v) is 1.99. The summed E-state index contributed by atoms with van der Waals surface area (Å²) in [4.78, 5) is 21.6. The topological polar surface area (TPSA) is 74.6 Å². The van der Waals surface area contributed by atoms with Gasteiger partial charge in [-0.1, -0.05) is 27.6 Å². The smallest absolute Gasteiger partial charge is 0.331 e. The first-order chi connectivity index (χ1) is 6.35. The molecule has 0 saturated heterocycles. The lowest BCUT2D eigenvalue weighted by Gasteiger charge is -2.23. The Kier molecular flexibility index (Phi) is 2.80. The molecule has 0 saturated carbocycles. The molecule has 1 aliphatic carbocycles. The number of allylic oxidation sites excluding steroid dienone is 2. The number of alkyl halides is 1. The van der Waals surface area contributed by atoms with Crippen molar-refractivity contribution in [2.45, 2.75) is 17.7 Å². The molecule has 0 fully saturated rings. The van der Waals surface area contributed by atoms with Crippen LogP contribution in [0.5, 0.6) is 0 Å². The number of carbonyl (C=O) groups is 2. The Morgan fingerprint density at radius 3 is 2.50 bits per heavy atom. The third-order valence-electron chi connectivity index (χ3n) is 1.94. The highest BCUT2D eigenvalue weighted by Gasteiger charge is 2.37. The molecule has 0 aliphatic heterocycles. The van der Waals surface area contributed by atoms with Crippen molar-refractivity contribution in [3.63, 3.8) is 0 Å². The maximum Gasteiger partial charge on any atom is 0.331 e. The van der Waals surface area contributed by atoms with Crippen LogP contribution in [0.4, 0.5) is 0 Å². The van der Waals surface area contributed by atoms with Crippen LogP contribution in [0, 0.1) is 0 Å². The average Bonchev–Trinajstić information content (AvgIpc) is 2.02. The van der Waals surface area contributed by atoms with E-state index in [2.05, 4.69) is 15.9 Å². The van der Waals surface area contributed by atoms with Gasteiger partial charge in [-0.3, -0.25) is 4.79 Å². The molecule has 0 aromatic rings. The van der Waals surface area contributed by atoms with Crippen LogP contribution in [0.25, 0.3) is 0 Å². The van der Waals surface area contributed by atoms with Crippen LogP contribution in [0.2, 0.25) is 0 Å². The first kappa shape index (κ1) is 11.0. The van der Waals surface area contributed by atoms with Gasteiger partial charge in [0.1, 0.15) is 4.32 Å². The molecule has 0 radical (unpaired) electrons. The van der Waals surface area contributed by atoms with Gasteiger partial charge in [-0.05, 0) is 13.0 Å². The number of hydrogen-bond acceptors (Lipinski definition) is 2. The van der Waals surface area contributed by atoms with Gasteiger partial charge in [-0.25, -0.2) is 4.79 Å². The number of carboxylic acid groups (broad SMARTS) is 2. The van der Waals surface area contributed by atoms with Gasteiger partial charge in [0.25, 0.3) is 0 Å². The quantitative estimate of drug-likeness (QED) is 0.740. The number of halogens is 1. The van der Waals surface area contributed by atoms with E-state index in [9.17, 15) is 9.59 Å². The second kappa shape index (κ2) is 3.57. The van der Waals surface area contributed by atoms with Gasteiger partial charge >= 0.3 is 11.9 Å². The van der Waals surface area contributed by atoms with Gasteiger partial charge in [-0.15, -0.1) is 0 Å². The molecule has 2 N–H and O–H groups in total. The van der Waals surface area contributed by atoms with Gasteiger partial charge < -0.3 is 10.2 Å². The molecule has 0 amide bonds. The largest absolute Gasteiger partial charge is 0.480 e. The molecule has 1 atom stereocenters. The highest BCUT2D eigenvalue weighted by Crippen LogP contribution is 2.34. The predicted octanol–water partition coefficient (Wildman–Crippen LogP) is 1.57. The maximum atomic E-state index is 10.9. The molecular weight excluding hydrogens is 252 g/mol. The summed E-state index contributed by atoms with van der Waals surface area (Å²) in [5.41, 5.74) is 0.734. The van der Waals surface area contributed by atoms with Crippen molar-refractivity contribution in [1.82, 2.24) is 0 Å². The fourth-order valence-electron chi connectivity index (χ4n) is 1.33. The summed E-state index contributed by atoms with van der Waals surface area (Å²) in [7, 11) is 0. The monoisotopic (exact) mass is 260 g/mol. The minimum atomic E-state index is -1.28. The summed E-state index contributed by atoms with van der Waals surface area (Å²) in [6, 6.07) is 0. The lowest BCUT2D eigenvalue weighted by molar-refractivity contribution is -0.138. The van der Waals surface area contributed by atoms with E-state index >= 15 is 0 Å². The van der Waals surface area contributed by atoms with Crippen molar-refractivity contribution < 1.29 is 19.8 Å². The Balaban J connectivity index is 3.08. The number of aliphatic carboxylic acids is 2.